The number of furan rings is 1. The van der Waals surface area contributed by atoms with Gasteiger partial charge in [-0.25, -0.2) is 0 Å². The summed E-state index contributed by atoms with van der Waals surface area (Å²) in [5.74, 6) is -0.852. The molecule has 3 aromatic rings. The van der Waals surface area contributed by atoms with E-state index < -0.39 is 18.0 Å². The van der Waals surface area contributed by atoms with E-state index in [9.17, 15) is 14.7 Å². The number of rotatable bonds is 5. The van der Waals surface area contributed by atoms with Crippen LogP contribution in [0.15, 0.2) is 59.2 Å². The van der Waals surface area contributed by atoms with E-state index in [-0.39, 0.29) is 12.2 Å². The van der Waals surface area contributed by atoms with Crippen LogP contribution in [0.2, 0.25) is 0 Å². The number of amides is 1. The Morgan fingerprint density at radius 1 is 1.20 bits per heavy atom. The lowest BCUT2D eigenvalue weighted by atomic mass is 10.1. The van der Waals surface area contributed by atoms with Gasteiger partial charge in [-0.3, -0.25) is 9.59 Å². The molecule has 1 aromatic heterocycles. The minimum Gasteiger partial charge on any atom is -0.508 e. The van der Waals surface area contributed by atoms with E-state index in [0.717, 1.165) is 5.39 Å². The molecule has 1 amide bonds. The molecule has 6 nitrogen and oxygen atoms in total. The van der Waals surface area contributed by atoms with Gasteiger partial charge in [-0.2, -0.15) is 0 Å². The number of esters is 1. The van der Waals surface area contributed by atoms with Crippen molar-refractivity contribution in [1.82, 2.24) is 0 Å². The van der Waals surface area contributed by atoms with Crippen molar-refractivity contribution in [2.45, 2.75) is 19.4 Å². The molecule has 1 heterocycles. The number of nitrogens with one attached hydrogen (secondary N) is 1. The lowest BCUT2D eigenvalue weighted by molar-refractivity contribution is -0.152. The number of aromatic hydroxyl groups is 1. The molecule has 0 saturated heterocycles. The van der Waals surface area contributed by atoms with E-state index in [2.05, 4.69) is 5.32 Å². The molecular weight excluding hydrogens is 322 g/mol. The van der Waals surface area contributed by atoms with E-state index in [1.54, 1.807) is 30.3 Å². The summed E-state index contributed by atoms with van der Waals surface area (Å²) in [5, 5.41) is 12.8. The Hall–Kier alpha value is -3.28. The van der Waals surface area contributed by atoms with Crippen LogP contribution in [0.5, 0.6) is 5.75 Å². The molecule has 0 radical (unpaired) electrons. The molecule has 0 aliphatic carbocycles. The summed E-state index contributed by atoms with van der Waals surface area (Å²) >= 11 is 0. The Morgan fingerprint density at radius 3 is 2.72 bits per heavy atom. The zero-order valence-electron chi connectivity index (χ0n) is 13.6. The number of fused-ring (bicyclic) bond motifs is 1. The maximum Gasteiger partial charge on any atom is 0.311 e. The van der Waals surface area contributed by atoms with Gasteiger partial charge >= 0.3 is 5.97 Å². The second kappa shape index (κ2) is 7.09. The number of para-hydroxylation sites is 1. The molecule has 25 heavy (non-hydrogen) atoms. The van der Waals surface area contributed by atoms with Crippen LogP contribution < -0.4 is 5.32 Å². The fourth-order valence-electron chi connectivity index (χ4n) is 2.42. The summed E-state index contributed by atoms with van der Waals surface area (Å²) in [6.07, 6.45) is 0.496. The number of carbonyl (C=O) groups is 2. The first-order chi connectivity index (χ1) is 12.0. The normalized spacial score (nSPS) is 11.9. The highest BCUT2D eigenvalue weighted by atomic mass is 16.5. The van der Waals surface area contributed by atoms with E-state index in [1.165, 1.54) is 25.3 Å². The standard InChI is InChI=1S/C19H17NO5/c1-12(19(23)20-14-5-3-2-4-6-14)25-18(22)9-13-11-24-17-10-15(21)7-8-16(13)17/h2-8,10-12,21H,9H2,1H3,(H,20,23)/t12-/m1/s1. The third-order valence-corrected chi connectivity index (χ3v) is 3.69. The minimum absolute atomic E-state index is 0.0271. The summed E-state index contributed by atoms with van der Waals surface area (Å²) in [5.41, 5.74) is 1.75. The van der Waals surface area contributed by atoms with E-state index in [0.29, 0.717) is 16.8 Å². The van der Waals surface area contributed by atoms with Gasteiger partial charge in [0.2, 0.25) is 0 Å². The molecule has 128 valence electrons. The summed E-state index contributed by atoms with van der Waals surface area (Å²) < 4.78 is 10.5. The van der Waals surface area contributed by atoms with Crippen molar-refractivity contribution in [2.75, 3.05) is 5.32 Å². The van der Waals surface area contributed by atoms with Gasteiger partial charge in [-0.1, -0.05) is 18.2 Å². The van der Waals surface area contributed by atoms with Crippen molar-refractivity contribution in [1.29, 1.82) is 0 Å². The Bertz CT molecular complexity index is 901. The maximum absolute atomic E-state index is 12.1. The number of phenols is 1. The van der Waals surface area contributed by atoms with Gasteiger partial charge in [0.15, 0.2) is 6.10 Å². The number of phenolic OH excluding ortho intramolecular Hbond substituents is 1. The van der Waals surface area contributed by atoms with Crippen LogP contribution >= 0.6 is 0 Å². The maximum atomic E-state index is 12.1. The van der Waals surface area contributed by atoms with Crippen LogP contribution in [0.3, 0.4) is 0 Å². The molecule has 2 aromatic carbocycles. The van der Waals surface area contributed by atoms with Crippen molar-refractivity contribution in [2.24, 2.45) is 0 Å². The van der Waals surface area contributed by atoms with E-state index >= 15 is 0 Å². The zero-order chi connectivity index (χ0) is 17.8. The first kappa shape index (κ1) is 16.6. The average Bonchev–Trinajstić information content (AvgIpc) is 2.97. The van der Waals surface area contributed by atoms with Gasteiger partial charge in [0, 0.05) is 22.7 Å². The number of ether oxygens (including phenoxy) is 1. The highest BCUT2D eigenvalue weighted by molar-refractivity contribution is 5.95. The largest absolute Gasteiger partial charge is 0.508 e. The molecule has 2 N–H and O–H groups in total. The Labute approximate surface area is 144 Å². The van der Waals surface area contributed by atoms with E-state index in [1.807, 2.05) is 6.07 Å². The third kappa shape index (κ3) is 3.98. The molecule has 0 unspecified atom stereocenters. The van der Waals surface area contributed by atoms with Crippen LogP contribution in [-0.4, -0.2) is 23.1 Å². The quantitative estimate of drug-likeness (QED) is 0.697. The van der Waals surface area contributed by atoms with Crippen molar-refractivity contribution in [3.05, 3.63) is 60.4 Å². The van der Waals surface area contributed by atoms with Crippen LogP contribution in [0.4, 0.5) is 5.69 Å². The lowest BCUT2D eigenvalue weighted by Crippen LogP contribution is -2.30. The fourth-order valence-corrected chi connectivity index (χ4v) is 2.42. The van der Waals surface area contributed by atoms with Crippen LogP contribution in [0.1, 0.15) is 12.5 Å². The second-order valence-corrected chi connectivity index (χ2v) is 5.61. The van der Waals surface area contributed by atoms with Crippen molar-refractivity contribution < 1.29 is 23.8 Å². The Morgan fingerprint density at radius 2 is 1.96 bits per heavy atom. The number of carbonyl (C=O) groups excluding carboxylic acids is 2. The number of hydrogen-bond donors (Lipinski definition) is 2. The SMILES string of the molecule is C[C@@H](OC(=O)Cc1coc2cc(O)ccc12)C(=O)Nc1ccccc1. The first-order valence-corrected chi connectivity index (χ1v) is 7.77. The molecule has 0 fully saturated rings. The smallest absolute Gasteiger partial charge is 0.311 e. The fraction of sp³-hybridized carbons (Fsp3) is 0.158. The molecule has 0 saturated carbocycles. The van der Waals surface area contributed by atoms with Gasteiger partial charge < -0.3 is 19.6 Å². The van der Waals surface area contributed by atoms with Gasteiger partial charge in [0.25, 0.3) is 5.91 Å². The highest BCUT2D eigenvalue weighted by Gasteiger charge is 2.19. The number of benzene rings is 2. The highest BCUT2D eigenvalue weighted by Crippen LogP contribution is 2.25. The second-order valence-electron chi connectivity index (χ2n) is 5.61. The molecule has 1 atom stereocenters. The predicted octanol–water partition coefficient (Wildman–Crippen LogP) is 3.25. The van der Waals surface area contributed by atoms with Gasteiger partial charge in [0.05, 0.1) is 12.7 Å². The number of hydrogen-bond acceptors (Lipinski definition) is 5. The molecule has 0 spiro atoms. The summed E-state index contributed by atoms with van der Waals surface area (Å²) in [6, 6.07) is 13.6. The Balaban J connectivity index is 1.60. The molecule has 0 aliphatic rings. The van der Waals surface area contributed by atoms with Crippen molar-refractivity contribution >= 4 is 28.5 Å². The van der Waals surface area contributed by atoms with Crippen molar-refractivity contribution in [3.8, 4) is 5.75 Å². The number of anilines is 1. The van der Waals surface area contributed by atoms with Crippen LogP contribution in [-0.2, 0) is 20.7 Å². The molecule has 6 heteroatoms. The lowest BCUT2D eigenvalue weighted by Gasteiger charge is -2.13. The minimum atomic E-state index is -0.921. The van der Waals surface area contributed by atoms with Crippen molar-refractivity contribution in [3.63, 3.8) is 0 Å². The van der Waals surface area contributed by atoms with Gasteiger partial charge in [-0.05, 0) is 31.2 Å². The zero-order valence-corrected chi connectivity index (χ0v) is 13.6. The predicted molar refractivity (Wildman–Crippen MR) is 92.2 cm³/mol. The summed E-state index contributed by atoms with van der Waals surface area (Å²) in [6.45, 7) is 1.52. The first-order valence-electron chi connectivity index (χ1n) is 7.77. The topological polar surface area (TPSA) is 88.8 Å². The third-order valence-electron chi connectivity index (χ3n) is 3.69. The van der Waals surface area contributed by atoms with E-state index in [4.69, 9.17) is 9.15 Å². The summed E-state index contributed by atoms with van der Waals surface area (Å²) in [4.78, 5) is 24.2. The van der Waals surface area contributed by atoms with Crippen LogP contribution in [0, 0.1) is 0 Å². The van der Waals surface area contributed by atoms with Gasteiger partial charge in [-0.15, -0.1) is 0 Å². The summed E-state index contributed by atoms with van der Waals surface area (Å²) in [7, 11) is 0. The molecule has 0 bridgehead atoms. The van der Waals surface area contributed by atoms with Crippen LogP contribution in [0.25, 0.3) is 11.0 Å². The average molecular weight is 339 g/mol. The molecular formula is C19H17NO5. The van der Waals surface area contributed by atoms with Gasteiger partial charge in [0.1, 0.15) is 11.3 Å². The monoisotopic (exact) mass is 339 g/mol. The Kier molecular flexibility index (Phi) is 4.70. The molecule has 3 rings (SSSR count). The molecule has 0 aliphatic heterocycles.